The zero-order valence-electron chi connectivity index (χ0n) is 25.1. The SMILES string of the molecule is O=C(O)C(F)(F)F.O=C(O)C(F)(F)F.OCCN1CCC(c2nsc(Nc3ncc(Sc4ccccn4)cc3Oc3ccccc3)n2)CC1. The molecule has 1 aliphatic rings. The number of carbonyl (C=O) groups is 2. The lowest BCUT2D eigenvalue weighted by Gasteiger charge is -2.29. The van der Waals surface area contributed by atoms with Crippen LogP contribution >= 0.6 is 23.3 Å². The number of pyridine rings is 2. The number of rotatable bonds is 9. The summed E-state index contributed by atoms with van der Waals surface area (Å²) in [7, 11) is 0. The van der Waals surface area contributed by atoms with Crippen molar-refractivity contribution in [3.05, 3.63) is 72.8 Å². The first kappa shape index (κ1) is 38.9. The molecule has 0 unspecified atom stereocenters. The van der Waals surface area contributed by atoms with Crippen LogP contribution in [0.1, 0.15) is 24.6 Å². The maximum Gasteiger partial charge on any atom is 0.490 e. The molecule has 0 radical (unpaired) electrons. The van der Waals surface area contributed by atoms with Crippen molar-refractivity contribution in [3.8, 4) is 11.5 Å². The number of nitrogens with one attached hydrogen (secondary N) is 1. The zero-order valence-corrected chi connectivity index (χ0v) is 26.7. The molecule has 4 N–H and O–H groups in total. The van der Waals surface area contributed by atoms with Gasteiger partial charge in [0.2, 0.25) is 5.13 Å². The summed E-state index contributed by atoms with van der Waals surface area (Å²) in [5.41, 5.74) is 0. The van der Waals surface area contributed by atoms with E-state index < -0.39 is 24.3 Å². The molecule has 0 spiro atoms. The average Bonchev–Trinajstić information content (AvgIpc) is 3.52. The standard InChI is InChI=1S/C25H26N6O2S2.2C2HF3O2/c32-15-14-31-12-9-18(10-13-31)23-28-25(35-30-23)29-24-21(33-19-6-2-1-3-7-19)16-20(17-27-24)34-22-8-4-5-11-26-22;2*3-2(4,5)1(6)7/h1-8,11,16-18,32H,9-10,12-15H2,(H,27,28,29,30);2*(H,6,7). The number of aliphatic hydroxyl groups is 1. The molecule has 1 saturated heterocycles. The van der Waals surface area contributed by atoms with Gasteiger partial charge >= 0.3 is 24.3 Å². The summed E-state index contributed by atoms with van der Waals surface area (Å²) < 4.78 is 74.3. The summed E-state index contributed by atoms with van der Waals surface area (Å²) in [5, 5.41) is 28.3. The highest BCUT2D eigenvalue weighted by molar-refractivity contribution is 7.99. The molecule has 49 heavy (non-hydrogen) atoms. The Morgan fingerprint density at radius 3 is 2.12 bits per heavy atom. The largest absolute Gasteiger partial charge is 0.490 e. The van der Waals surface area contributed by atoms with Crippen LogP contribution in [-0.2, 0) is 9.59 Å². The van der Waals surface area contributed by atoms with E-state index in [0.717, 1.165) is 54.0 Å². The van der Waals surface area contributed by atoms with E-state index in [1.165, 1.54) is 23.3 Å². The molecule has 3 aromatic heterocycles. The second-order valence-electron chi connectivity index (χ2n) is 9.73. The predicted octanol–water partition coefficient (Wildman–Crippen LogP) is 6.45. The number of β-amino-alcohol motifs (C(OH)–C–C–N with tert-alkyl or cyclic N) is 1. The van der Waals surface area contributed by atoms with E-state index >= 15 is 0 Å². The third kappa shape index (κ3) is 13.5. The van der Waals surface area contributed by atoms with Crippen molar-refractivity contribution in [3.63, 3.8) is 0 Å². The van der Waals surface area contributed by atoms with E-state index in [1.54, 1.807) is 12.4 Å². The topological polar surface area (TPSA) is 171 Å². The van der Waals surface area contributed by atoms with Gasteiger partial charge in [0, 0.05) is 47.4 Å². The third-order valence-corrected chi connectivity index (χ3v) is 7.73. The Morgan fingerprint density at radius 2 is 1.57 bits per heavy atom. The Bertz CT molecular complexity index is 1600. The molecular weight excluding hydrogens is 706 g/mol. The number of benzene rings is 1. The Labute approximate surface area is 283 Å². The van der Waals surface area contributed by atoms with E-state index in [-0.39, 0.29) is 6.61 Å². The highest BCUT2D eigenvalue weighted by Crippen LogP contribution is 2.36. The molecule has 1 aromatic carbocycles. The number of carboxylic acids is 2. The number of nitrogens with zero attached hydrogens (tertiary/aromatic N) is 5. The normalized spacial score (nSPS) is 13.7. The third-order valence-electron chi connectivity index (χ3n) is 6.18. The number of aromatic nitrogens is 4. The molecule has 1 aliphatic heterocycles. The van der Waals surface area contributed by atoms with Gasteiger partial charge < -0.3 is 30.3 Å². The summed E-state index contributed by atoms with van der Waals surface area (Å²) >= 11 is 2.86. The first-order chi connectivity index (χ1) is 23.2. The van der Waals surface area contributed by atoms with Gasteiger partial charge in [-0.05, 0) is 50.2 Å². The second-order valence-corrected chi connectivity index (χ2v) is 11.6. The zero-order chi connectivity index (χ0) is 36.0. The molecule has 4 heterocycles. The van der Waals surface area contributed by atoms with Crippen LogP contribution in [0.3, 0.4) is 0 Å². The van der Waals surface area contributed by atoms with Crippen LogP contribution < -0.4 is 10.1 Å². The first-order valence-corrected chi connectivity index (χ1v) is 15.6. The van der Waals surface area contributed by atoms with Gasteiger partial charge in [-0.15, -0.1) is 0 Å². The lowest BCUT2D eigenvalue weighted by atomic mass is 9.96. The summed E-state index contributed by atoms with van der Waals surface area (Å²) in [6.07, 6.45) is -4.60. The Morgan fingerprint density at radius 1 is 0.959 bits per heavy atom. The number of aliphatic hydroxyl groups excluding tert-OH is 1. The molecule has 1 fully saturated rings. The molecular formula is C29H28F6N6O6S2. The molecule has 0 atom stereocenters. The van der Waals surface area contributed by atoms with E-state index in [1.807, 2.05) is 54.6 Å². The van der Waals surface area contributed by atoms with Gasteiger partial charge in [0.15, 0.2) is 11.6 Å². The van der Waals surface area contributed by atoms with Crippen LogP contribution in [0.25, 0.3) is 0 Å². The lowest BCUT2D eigenvalue weighted by molar-refractivity contribution is -0.193. The minimum atomic E-state index is -5.08. The van der Waals surface area contributed by atoms with E-state index in [0.29, 0.717) is 22.6 Å². The highest BCUT2D eigenvalue weighted by atomic mass is 32.2. The molecule has 264 valence electrons. The number of hydrogen-bond acceptors (Lipinski definition) is 12. The average molecular weight is 735 g/mol. The molecule has 5 rings (SSSR count). The minimum Gasteiger partial charge on any atom is -0.475 e. The molecule has 20 heteroatoms. The molecule has 4 aromatic rings. The van der Waals surface area contributed by atoms with Gasteiger partial charge in [-0.3, -0.25) is 0 Å². The van der Waals surface area contributed by atoms with Crippen LogP contribution in [-0.4, -0.2) is 90.1 Å². The van der Waals surface area contributed by atoms with Crippen LogP contribution in [0.4, 0.5) is 37.3 Å². The number of alkyl halides is 6. The van der Waals surface area contributed by atoms with Crippen molar-refractivity contribution in [2.45, 2.75) is 41.0 Å². The Balaban J connectivity index is 0.000000392. The Hall–Kier alpha value is -4.53. The number of carboxylic acid groups (broad SMARTS) is 2. The lowest BCUT2D eigenvalue weighted by Crippen LogP contribution is -2.35. The fraction of sp³-hybridized carbons (Fsp3) is 0.310. The van der Waals surface area contributed by atoms with Crippen molar-refractivity contribution >= 4 is 46.2 Å². The van der Waals surface area contributed by atoms with Crippen LogP contribution in [0, 0.1) is 0 Å². The van der Waals surface area contributed by atoms with Gasteiger partial charge in [-0.1, -0.05) is 36.0 Å². The molecule has 12 nitrogen and oxygen atoms in total. The summed E-state index contributed by atoms with van der Waals surface area (Å²) in [5.74, 6) is -2.40. The van der Waals surface area contributed by atoms with Gasteiger partial charge in [-0.25, -0.2) is 24.5 Å². The monoisotopic (exact) mass is 734 g/mol. The quantitative estimate of drug-likeness (QED) is 0.138. The summed E-state index contributed by atoms with van der Waals surface area (Å²) in [6.45, 7) is 2.85. The van der Waals surface area contributed by atoms with Crippen molar-refractivity contribution in [2.24, 2.45) is 0 Å². The van der Waals surface area contributed by atoms with Crippen molar-refractivity contribution < 1.29 is 56.0 Å². The number of para-hydroxylation sites is 1. The number of aliphatic carboxylic acids is 2. The Kier molecular flexibility index (Phi) is 14.5. The molecule has 0 aliphatic carbocycles. The number of halogens is 6. The fourth-order valence-electron chi connectivity index (χ4n) is 3.91. The molecule has 0 bridgehead atoms. The smallest absolute Gasteiger partial charge is 0.475 e. The van der Waals surface area contributed by atoms with Gasteiger partial charge in [0.25, 0.3) is 0 Å². The number of piperidine rings is 1. The van der Waals surface area contributed by atoms with Crippen molar-refractivity contribution in [1.82, 2.24) is 24.2 Å². The van der Waals surface area contributed by atoms with Gasteiger partial charge in [0.05, 0.1) is 6.61 Å². The predicted molar refractivity (Wildman–Crippen MR) is 165 cm³/mol. The van der Waals surface area contributed by atoms with E-state index in [4.69, 9.17) is 34.6 Å². The van der Waals surface area contributed by atoms with Crippen molar-refractivity contribution in [1.29, 1.82) is 0 Å². The molecule has 0 saturated carbocycles. The number of anilines is 2. The summed E-state index contributed by atoms with van der Waals surface area (Å²) in [4.78, 5) is 34.8. The maximum atomic E-state index is 10.6. The number of hydrogen-bond donors (Lipinski definition) is 4. The molecule has 0 amide bonds. The second kappa shape index (κ2) is 18.3. The van der Waals surface area contributed by atoms with Crippen LogP contribution in [0.5, 0.6) is 11.5 Å². The minimum absolute atomic E-state index is 0.202. The number of likely N-dealkylation sites (tertiary alicyclic amines) is 1. The maximum absolute atomic E-state index is 10.6. The first-order valence-electron chi connectivity index (χ1n) is 14.0. The van der Waals surface area contributed by atoms with Crippen LogP contribution in [0.15, 0.2) is 76.9 Å². The highest BCUT2D eigenvalue weighted by Gasteiger charge is 2.39. The summed E-state index contributed by atoms with van der Waals surface area (Å²) in [6, 6.07) is 17.4. The number of ether oxygens (including phenoxy) is 1. The van der Waals surface area contributed by atoms with Gasteiger partial charge in [0.1, 0.15) is 16.6 Å². The van der Waals surface area contributed by atoms with Gasteiger partial charge in [-0.2, -0.15) is 30.7 Å². The fourth-order valence-corrected chi connectivity index (χ4v) is 5.33. The van der Waals surface area contributed by atoms with E-state index in [9.17, 15) is 26.3 Å². The van der Waals surface area contributed by atoms with Crippen molar-refractivity contribution in [2.75, 3.05) is 31.6 Å². The van der Waals surface area contributed by atoms with E-state index in [2.05, 4.69) is 24.6 Å². The van der Waals surface area contributed by atoms with Crippen LogP contribution in [0.2, 0.25) is 0 Å².